The summed E-state index contributed by atoms with van der Waals surface area (Å²) in [6.07, 6.45) is 1.64. The van der Waals surface area contributed by atoms with Crippen LogP contribution in [0.3, 0.4) is 0 Å². The molecule has 7 nitrogen and oxygen atoms in total. The minimum absolute atomic E-state index is 0.0758. The zero-order chi connectivity index (χ0) is 23.5. The van der Waals surface area contributed by atoms with E-state index in [9.17, 15) is 4.79 Å². The van der Waals surface area contributed by atoms with Gasteiger partial charge in [0.05, 0.1) is 23.5 Å². The maximum atomic E-state index is 13.4. The number of carbonyl (C=O) groups excluding carboxylic acids is 1. The molecule has 2 aromatic carbocycles. The lowest BCUT2D eigenvalue weighted by molar-refractivity contribution is 0.0740. The molecule has 0 saturated carbocycles. The molecule has 5 rings (SSSR count). The van der Waals surface area contributed by atoms with Crippen molar-refractivity contribution in [2.75, 3.05) is 38.2 Å². The summed E-state index contributed by atoms with van der Waals surface area (Å²) in [7, 11) is 1.64. The average molecular weight is 474 g/mol. The van der Waals surface area contributed by atoms with E-state index in [1.807, 2.05) is 82.4 Å². The van der Waals surface area contributed by atoms with Crippen molar-refractivity contribution >= 4 is 23.3 Å². The Labute approximate surface area is 203 Å². The molecule has 3 heterocycles. The van der Waals surface area contributed by atoms with Gasteiger partial charge in [-0.25, -0.2) is 9.67 Å². The minimum Gasteiger partial charge on any atom is -0.497 e. The number of anilines is 1. The Bertz CT molecular complexity index is 1270. The number of para-hydroxylation sites is 1. The number of ether oxygens (including phenoxy) is 1. The van der Waals surface area contributed by atoms with Crippen LogP contribution in [0.4, 0.5) is 5.82 Å². The van der Waals surface area contributed by atoms with Crippen molar-refractivity contribution in [1.82, 2.24) is 19.7 Å². The third-order valence-corrected chi connectivity index (χ3v) is 6.14. The summed E-state index contributed by atoms with van der Waals surface area (Å²) in [5.74, 6) is 1.57. The van der Waals surface area contributed by atoms with Gasteiger partial charge >= 0.3 is 0 Å². The molecular formula is C26H24ClN5O2. The van der Waals surface area contributed by atoms with E-state index in [-0.39, 0.29) is 5.91 Å². The van der Waals surface area contributed by atoms with Crippen molar-refractivity contribution in [2.45, 2.75) is 0 Å². The number of aromatic nitrogens is 3. The van der Waals surface area contributed by atoms with Crippen LogP contribution in [0.5, 0.6) is 5.75 Å². The maximum Gasteiger partial charge on any atom is 0.274 e. The normalized spacial score (nSPS) is 13.7. The Morgan fingerprint density at radius 3 is 2.32 bits per heavy atom. The SMILES string of the molecule is COc1ccc(-c2cc(C(=O)N3CCN(c4ccc(Cl)cn4)CC3)nn2-c2ccccc2)cc1. The highest BCUT2D eigenvalue weighted by Crippen LogP contribution is 2.27. The molecule has 8 heteroatoms. The van der Waals surface area contributed by atoms with Gasteiger partial charge in [0.1, 0.15) is 11.6 Å². The standard InChI is InChI=1S/C26H24ClN5O2/c1-34-22-10-7-19(8-11-22)24-17-23(29-32(24)21-5-3-2-4-6-21)26(33)31-15-13-30(14-16-31)25-12-9-20(27)18-28-25/h2-12,17-18H,13-16H2,1H3. The Morgan fingerprint density at radius 1 is 0.941 bits per heavy atom. The Morgan fingerprint density at radius 2 is 1.68 bits per heavy atom. The number of amides is 1. The number of halogens is 1. The van der Waals surface area contributed by atoms with E-state index in [0.29, 0.717) is 36.9 Å². The zero-order valence-electron chi connectivity index (χ0n) is 18.8. The summed E-state index contributed by atoms with van der Waals surface area (Å²) >= 11 is 5.95. The van der Waals surface area contributed by atoms with E-state index < -0.39 is 0 Å². The van der Waals surface area contributed by atoms with Crippen molar-refractivity contribution in [2.24, 2.45) is 0 Å². The zero-order valence-corrected chi connectivity index (χ0v) is 19.5. The fourth-order valence-corrected chi connectivity index (χ4v) is 4.19. The molecule has 0 radical (unpaired) electrons. The largest absolute Gasteiger partial charge is 0.497 e. The van der Waals surface area contributed by atoms with E-state index in [2.05, 4.69) is 9.88 Å². The second kappa shape index (κ2) is 9.57. The lowest BCUT2D eigenvalue weighted by Gasteiger charge is -2.35. The molecular weight excluding hydrogens is 450 g/mol. The predicted molar refractivity (Wildman–Crippen MR) is 133 cm³/mol. The number of methoxy groups -OCH3 is 1. The van der Waals surface area contributed by atoms with Gasteiger partial charge in [-0.2, -0.15) is 5.10 Å². The second-order valence-electron chi connectivity index (χ2n) is 8.00. The minimum atomic E-state index is -0.0758. The molecule has 0 aliphatic carbocycles. The monoisotopic (exact) mass is 473 g/mol. The van der Waals surface area contributed by atoms with Crippen LogP contribution in [-0.4, -0.2) is 58.9 Å². The van der Waals surface area contributed by atoms with Crippen LogP contribution in [0.15, 0.2) is 79.0 Å². The first kappa shape index (κ1) is 22.0. The quantitative estimate of drug-likeness (QED) is 0.425. The average Bonchev–Trinajstić information content (AvgIpc) is 3.35. The lowest BCUT2D eigenvalue weighted by Crippen LogP contribution is -2.49. The molecule has 1 saturated heterocycles. The van der Waals surface area contributed by atoms with Crippen molar-refractivity contribution in [3.63, 3.8) is 0 Å². The number of hydrogen-bond donors (Lipinski definition) is 0. The number of carbonyl (C=O) groups is 1. The lowest BCUT2D eigenvalue weighted by atomic mass is 10.1. The van der Waals surface area contributed by atoms with Crippen LogP contribution in [0.1, 0.15) is 10.5 Å². The molecule has 1 amide bonds. The molecule has 0 bridgehead atoms. The smallest absolute Gasteiger partial charge is 0.274 e. The molecule has 1 fully saturated rings. The van der Waals surface area contributed by atoms with Crippen LogP contribution in [0.2, 0.25) is 5.02 Å². The van der Waals surface area contributed by atoms with Gasteiger partial charge in [-0.15, -0.1) is 0 Å². The van der Waals surface area contributed by atoms with Crippen molar-refractivity contribution in [3.05, 3.63) is 89.7 Å². The summed E-state index contributed by atoms with van der Waals surface area (Å²) in [4.78, 5) is 21.8. The molecule has 0 atom stereocenters. The second-order valence-corrected chi connectivity index (χ2v) is 8.44. The molecule has 34 heavy (non-hydrogen) atoms. The first-order valence-corrected chi connectivity index (χ1v) is 11.5. The summed E-state index contributed by atoms with van der Waals surface area (Å²) in [5, 5.41) is 5.33. The predicted octanol–water partition coefficient (Wildman–Crippen LogP) is 4.56. The van der Waals surface area contributed by atoms with Crippen LogP contribution in [-0.2, 0) is 0 Å². The van der Waals surface area contributed by atoms with Gasteiger partial charge in [-0.1, -0.05) is 29.8 Å². The van der Waals surface area contributed by atoms with E-state index in [0.717, 1.165) is 28.5 Å². The topological polar surface area (TPSA) is 63.5 Å². The molecule has 0 unspecified atom stereocenters. The van der Waals surface area contributed by atoms with E-state index in [4.69, 9.17) is 21.4 Å². The van der Waals surface area contributed by atoms with Crippen LogP contribution in [0, 0.1) is 0 Å². The summed E-state index contributed by atoms with van der Waals surface area (Å²) < 4.78 is 7.11. The van der Waals surface area contributed by atoms with Gasteiger partial charge in [0.15, 0.2) is 5.69 Å². The van der Waals surface area contributed by atoms with Crippen molar-refractivity contribution in [1.29, 1.82) is 0 Å². The number of piperazine rings is 1. The summed E-state index contributed by atoms with van der Waals surface area (Å²) in [5.41, 5.74) is 3.12. The Balaban J connectivity index is 1.39. The third-order valence-electron chi connectivity index (χ3n) is 5.92. The number of rotatable bonds is 5. The fourth-order valence-electron chi connectivity index (χ4n) is 4.07. The maximum absolute atomic E-state index is 13.4. The highest BCUT2D eigenvalue weighted by atomic mass is 35.5. The van der Waals surface area contributed by atoms with Gasteiger partial charge in [0.25, 0.3) is 5.91 Å². The molecule has 2 aromatic heterocycles. The summed E-state index contributed by atoms with van der Waals surface area (Å²) in [6.45, 7) is 2.59. The van der Waals surface area contributed by atoms with E-state index in [1.165, 1.54) is 0 Å². The van der Waals surface area contributed by atoms with E-state index in [1.54, 1.807) is 13.3 Å². The summed E-state index contributed by atoms with van der Waals surface area (Å²) in [6, 6.07) is 23.2. The molecule has 1 aliphatic heterocycles. The number of hydrogen-bond acceptors (Lipinski definition) is 5. The van der Waals surface area contributed by atoms with Crippen LogP contribution in [0.25, 0.3) is 16.9 Å². The first-order valence-electron chi connectivity index (χ1n) is 11.1. The molecule has 172 valence electrons. The van der Waals surface area contributed by atoms with Crippen LogP contribution >= 0.6 is 11.6 Å². The van der Waals surface area contributed by atoms with Gasteiger partial charge < -0.3 is 14.5 Å². The number of benzene rings is 2. The fraction of sp³-hybridized carbons (Fsp3) is 0.192. The van der Waals surface area contributed by atoms with Crippen molar-refractivity contribution in [3.8, 4) is 22.7 Å². The number of pyridine rings is 1. The molecule has 0 spiro atoms. The Kier molecular flexibility index (Phi) is 6.18. The third kappa shape index (κ3) is 4.47. The highest BCUT2D eigenvalue weighted by Gasteiger charge is 2.26. The van der Waals surface area contributed by atoms with Gasteiger partial charge in [0, 0.05) is 37.9 Å². The van der Waals surface area contributed by atoms with Gasteiger partial charge in [-0.05, 0) is 54.6 Å². The molecule has 1 aliphatic rings. The molecule has 4 aromatic rings. The van der Waals surface area contributed by atoms with Crippen molar-refractivity contribution < 1.29 is 9.53 Å². The van der Waals surface area contributed by atoms with Crippen LogP contribution < -0.4 is 9.64 Å². The van der Waals surface area contributed by atoms with Gasteiger partial charge in [-0.3, -0.25) is 4.79 Å². The first-order chi connectivity index (χ1) is 16.6. The molecule has 0 N–H and O–H groups in total. The Hall–Kier alpha value is -3.84. The van der Waals surface area contributed by atoms with Gasteiger partial charge in [0.2, 0.25) is 0 Å². The highest BCUT2D eigenvalue weighted by molar-refractivity contribution is 6.30. The number of nitrogens with zero attached hydrogens (tertiary/aromatic N) is 5. The van der Waals surface area contributed by atoms with E-state index >= 15 is 0 Å².